The van der Waals surface area contributed by atoms with Crippen molar-refractivity contribution in [1.82, 2.24) is 0 Å². The third kappa shape index (κ3) is 5.82. The molecule has 0 bridgehead atoms. The van der Waals surface area contributed by atoms with E-state index in [-0.39, 0.29) is 17.6 Å². The van der Waals surface area contributed by atoms with Crippen molar-refractivity contribution in [2.75, 3.05) is 0 Å². The Morgan fingerprint density at radius 1 is 1.08 bits per heavy atom. The van der Waals surface area contributed by atoms with Crippen LogP contribution in [0, 0.1) is 23.2 Å². The lowest BCUT2D eigenvalue weighted by atomic mass is 9.73. The third-order valence-electron chi connectivity index (χ3n) is 6.58. The maximum absolute atomic E-state index is 13.2. The summed E-state index contributed by atoms with van der Waals surface area (Å²) < 4.78 is 0. The van der Waals surface area contributed by atoms with Crippen LogP contribution in [0.15, 0.2) is 0 Å². The monoisotopic (exact) mass is 351 g/mol. The van der Waals surface area contributed by atoms with Crippen LogP contribution in [-0.4, -0.2) is 11.7 Å². The Labute approximate surface area is 155 Å². The Hall–Kier alpha value is -0.860. The SMILES string of the molecule is CCCCC(CC)CC1CCC(CC(CC)CCCC)(C(N)=O)C1=O. The molecule has 1 aliphatic rings. The Bertz CT molecular complexity index is 420. The van der Waals surface area contributed by atoms with Gasteiger partial charge in [0.1, 0.15) is 5.41 Å². The smallest absolute Gasteiger partial charge is 0.231 e. The number of ketones is 1. The number of nitrogens with two attached hydrogens (primary N) is 1. The maximum Gasteiger partial charge on any atom is 0.231 e. The molecule has 25 heavy (non-hydrogen) atoms. The van der Waals surface area contributed by atoms with Gasteiger partial charge in [0.25, 0.3) is 0 Å². The first kappa shape index (κ1) is 22.2. The van der Waals surface area contributed by atoms with E-state index < -0.39 is 5.41 Å². The highest BCUT2D eigenvalue weighted by molar-refractivity contribution is 6.07. The summed E-state index contributed by atoms with van der Waals surface area (Å²) in [7, 11) is 0. The van der Waals surface area contributed by atoms with Gasteiger partial charge in [-0.15, -0.1) is 0 Å². The molecule has 0 aliphatic heterocycles. The predicted molar refractivity (Wildman–Crippen MR) is 105 cm³/mol. The molecule has 1 amide bonds. The first-order valence-electron chi connectivity index (χ1n) is 10.8. The van der Waals surface area contributed by atoms with Gasteiger partial charge >= 0.3 is 0 Å². The zero-order chi connectivity index (χ0) is 18.9. The summed E-state index contributed by atoms with van der Waals surface area (Å²) in [4.78, 5) is 25.6. The van der Waals surface area contributed by atoms with E-state index in [1.165, 1.54) is 25.7 Å². The lowest BCUT2D eigenvalue weighted by Gasteiger charge is -2.29. The maximum atomic E-state index is 13.2. The van der Waals surface area contributed by atoms with Crippen LogP contribution in [-0.2, 0) is 9.59 Å². The van der Waals surface area contributed by atoms with Crippen molar-refractivity contribution in [1.29, 1.82) is 0 Å². The molecule has 2 N–H and O–H groups in total. The van der Waals surface area contributed by atoms with Gasteiger partial charge in [-0.05, 0) is 37.5 Å². The van der Waals surface area contributed by atoms with E-state index in [1.54, 1.807) is 0 Å². The van der Waals surface area contributed by atoms with Crippen molar-refractivity contribution in [3.8, 4) is 0 Å². The van der Waals surface area contributed by atoms with Gasteiger partial charge < -0.3 is 5.73 Å². The van der Waals surface area contributed by atoms with E-state index in [0.29, 0.717) is 24.7 Å². The molecule has 4 unspecified atom stereocenters. The highest BCUT2D eigenvalue weighted by Gasteiger charge is 2.52. The molecule has 1 fully saturated rings. The Kier molecular flexibility index (Phi) is 9.74. The largest absolute Gasteiger partial charge is 0.369 e. The van der Waals surface area contributed by atoms with Gasteiger partial charge in [0.05, 0.1) is 0 Å². The van der Waals surface area contributed by atoms with Crippen LogP contribution in [0.25, 0.3) is 0 Å². The molecule has 3 heteroatoms. The van der Waals surface area contributed by atoms with Crippen LogP contribution < -0.4 is 5.73 Å². The molecule has 0 aromatic rings. The molecule has 0 spiro atoms. The fourth-order valence-corrected chi connectivity index (χ4v) is 4.66. The van der Waals surface area contributed by atoms with Crippen molar-refractivity contribution in [2.45, 2.75) is 105 Å². The normalized spacial score (nSPS) is 25.9. The summed E-state index contributed by atoms with van der Waals surface area (Å²) in [6, 6.07) is 0. The fourth-order valence-electron chi connectivity index (χ4n) is 4.66. The molecule has 146 valence electrons. The molecule has 0 saturated heterocycles. The zero-order valence-electron chi connectivity index (χ0n) is 17.1. The number of carbonyl (C=O) groups excluding carboxylic acids is 2. The average molecular weight is 352 g/mol. The van der Waals surface area contributed by atoms with Crippen LogP contribution in [0.4, 0.5) is 0 Å². The summed E-state index contributed by atoms with van der Waals surface area (Å²) in [5.41, 5.74) is 4.93. The Morgan fingerprint density at radius 2 is 1.64 bits per heavy atom. The number of primary amides is 1. The quantitative estimate of drug-likeness (QED) is 0.436. The van der Waals surface area contributed by atoms with E-state index in [2.05, 4.69) is 27.7 Å². The van der Waals surface area contributed by atoms with Crippen molar-refractivity contribution in [3.63, 3.8) is 0 Å². The summed E-state index contributed by atoms with van der Waals surface area (Å²) in [6.07, 6.45) is 12.4. The van der Waals surface area contributed by atoms with E-state index in [0.717, 1.165) is 38.5 Å². The number of rotatable bonds is 13. The third-order valence-corrected chi connectivity index (χ3v) is 6.58. The fraction of sp³-hybridized carbons (Fsp3) is 0.909. The lowest BCUT2D eigenvalue weighted by Crippen LogP contribution is -2.43. The first-order valence-corrected chi connectivity index (χ1v) is 10.8. The second-order valence-electron chi connectivity index (χ2n) is 8.32. The van der Waals surface area contributed by atoms with Gasteiger partial charge in [-0.3, -0.25) is 9.59 Å². The van der Waals surface area contributed by atoms with Crippen LogP contribution in [0.3, 0.4) is 0 Å². The van der Waals surface area contributed by atoms with Gasteiger partial charge in [0.2, 0.25) is 5.91 Å². The average Bonchev–Trinajstić information content (AvgIpc) is 2.92. The van der Waals surface area contributed by atoms with Gasteiger partial charge in [0, 0.05) is 5.92 Å². The molecule has 1 rings (SSSR count). The highest BCUT2D eigenvalue weighted by Crippen LogP contribution is 2.46. The van der Waals surface area contributed by atoms with Crippen LogP contribution >= 0.6 is 0 Å². The second kappa shape index (κ2) is 11.0. The van der Waals surface area contributed by atoms with Crippen molar-refractivity contribution in [3.05, 3.63) is 0 Å². The molecule has 0 radical (unpaired) electrons. The predicted octanol–water partition coefficient (Wildman–Crippen LogP) is 5.65. The minimum atomic E-state index is -0.873. The second-order valence-corrected chi connectivity index (χ2v) is 8.32. The number of carbonyl (C=O) groups is 2. The summed E-state index contributed by atoms with van der Waals surface area (Å²) >= 11 is 0. The van der Waals surface area contributed by atoms with E-state index in [4.69, 9.17) is 5.73 Å². The van der Waals surface area contributed by atoms with Gasteiger partial charge in [-0.1, -0.05) is 79.1 Å². The summed E-state index contributed by atoms with van der Waals surface area (Å²) in [6.45, 7) is 8.80. The van der Waals surface area contributed by atoms with Crippen molar-refractivity contribution >= 4 is 11.7 Å². The number of unbranched alkanes of at least 4 members (excludes halogenated alkanes) is 2. The first-order chi connectivity index (χ1) is 11.9. The van der Waals surface area contributed by atoms with Gasteiger partial charge in [0.15, 0.2) is 5.78 Å². The Balaban J connectivity index is 2.81. The molecule has 1 saturated carbocycles. The standard InChI is InChI=1S/C22H41NO2/c1-5-9-11-17(7-3)15-19-13-14-22(20(19)24,21(23)25)16-18(8-4)12-10-6-2/h17-19H,5-16H2,1-4H3,(H2,23,25). The summed E-state index contributed by atoms with van der Waals surface area (Å²) in [5.74, 6) is 0.913. The zero-order valence-corrected chi connectivity index (χ0v) is 17.1. The lowest BCUT2D eigenvalue weighted by molar-refractivity contribution is -0.141. The molecular formula is C22H41NO2. The molecule has 1 aliphatic carbocycles. The van der Waals surface area contributed by atoms with Crippen LogP contribution in [0.2, 0.25) is 0 Å². The molecular weight excluding hydrogens is 310 g/mol. The molecule has 4 atom stereocenters. The molecule has 0 heterocycles. The van der Waals surface area contributed by atoms with Crippen LogP contribution in [0.5, 0.6) is 0 Å². The highest BCUT2D eigenvalue weighted by atomic mass is 16.2. The van der Waals surface area contributed by atoms with E-state index >= 15 is 0 Å². The topological polar surface area (TPSA) is 60.2 Å². The molecule has 3 nitrogen and oxygen atoms in total. The number of Topliss-reactive ketones (excluding diaryl/α,β-unsaturated/α-hetero) is 1. The van der Waals surface area contributed by atoms with Crippen LogP contribution in [0.1, 0.15) is 105 Å². The van der Waals surface area contributed by atoms with Crippen molar-refractivity contribution < 1.29 is 9.59 Å². The minimum Gasteiger partial charge on any atom is -0.369 e. The van der Waals surface area contributed by atoms with Crippen molar-refractivity contribution in [2.24, 2.45) is 28.9 Å². The van der Waals surface area contributed by atoms with Gasteiger partial charge in [-0.25, -0.2) is 0 Å². The Morgan fingerprint density at radius 3 is 2.12 bits per heavy atom. The molecule has 0 aromatic carbocycles. The minimum absolute atomic E-state index is 0.0537. The number of hydrogen-bond donors (Lipinski definition) is 1. The van der Waals surface area contributed by atoms with E-state index in [1.807, 2.05) is 0 Å². The summed E-state index contributed by atoms with van der Waals surface area (Å²) in [5, 5.41) is 0. The number of amides is 1. The molecule has 0 aromatic heterocycles. The number of hydrogen-bond acceptors (Lipinski definition) is 2. The van der Waals surface area contributed by atoms with E-state index in [9.17, 15) is 9.59 Å². The van der Waals surface area contributed by atoms with Gasteiger partial charge in [-0.2, -0.15) is 0 Å².